The van der Waals surface area contributed by atoms with Gasteiger partial charge in [0.15, 0.2) is 5.11 Å². The van der Waals surface area contributed by atoms with Gasteiger partial charge in [0, 0.05) is 42.1 Å². The first-order valence-electron chi connectivity index (χ1n) is 11.1. The first-order chi connectivity index (χ1) is 16.5. The van der Waals surface area contributed by atoms with Gasteiger partial charge in [-0.3, -0.25) is 9.78 Å². The minimum Gasteiger partial charge on any atom is -0.351 e. The lowest BCUT2D eigenvalue weighted by molar-refractivity contribution is -0.114. The summed E-state index contributed by atoms with van der Waals surface area (Å²) < 4.78 is 2.20. The van der Waals surface area contributed by atoms with Gasteiger partial charge in [0.2, 0.25) is 5.91 Å². The van der Waals surface area contributed by atoms with E-state index in [-0.39, 0.29) is 18.0 Å². The second-order valence-electron chi connectivity index (χ2n) is 8.36. The van der Waals surface area contributed by atoms with E-state index in [1.165, 1.54) is 12.5 Å². The molecule has 3 heterocycles. The molecule has 0 saturated carbocycles. The third-order valence-corrected chi connectivity index (χ3v) is 6.27. The predicted molar refractivity (Wildman–Crippen MR) is 139 cm³/mol. The van der Waals surface area contributed by atoms with Crippen molar-refractivity contribution in [3.63, 3.8) is 0 Å². The normalized spacial score (nSPS) is 17.5. The van der Waals surface area contributed by atoms with Crippen molar-refractivity contribution in [2.75, 3.05) is 10.2 Å². The lowest BCUT2D eigenvalue weighted by Crippen LogP contribution is -2.30. The molecule has 2 aromatic heterocycles. The van der Waals surface area contributed by atoms with E-state index in [1.807, 2.05) is 42.5 Å². The first-order valence-corrected chi connectivity index (χ1v) is 11.5. The summed E-state index contributed by atoms with van der Waals surface area (Å²) in [5, 5.41) is 6.96. The number of pyridine rings is 1. The standard InChI is InChI=1S/C27H25N5OS/c1-18-8-12-21(13-9-18)31-17-5-7-24(31)26-25(23-6-3-4-16-28-23)30-27(34)32(26)22-14-10-20(11-15-22)29-19(2)33/h3-17,25-26H,1-2H3,(H,29,33)(H,30,34)/t25-,26-/m0/s1. The zero-order valence-electron chi connectivity index (χ0n) is 19.0. The van der Waals surface area contributed by atoms with Crippen LogP contribution in [0.1, 0.15) is 36.0 Å². The summed E-state index contributed by atoms with van der Waals surface area (Å²) in [7, 11) is 0. The van der Waals surface area contributed by atoms with Crippen LogP contribution in [0.3, 0.4) is 0 Å². The number of carbonyl (C=O) groups excluding carboxylic acids is 1. The van der Waals surface area contributed by atoms with E-state index in [1.54, 1.807) is 6.20 Å². The van der Waals surface area contributed by atoms with E-state index in [4.69, 9.17) is 12.2 Å². The van der Waals surface area contributed by atoms with Gasteiger partial charge in [-0.05, 0) is 79.8 Å². The van der Waals surface area contributed by atoms with Crippen LogP contribution in [0.15, 0.2) is 91.3 Å². The summed E-state index contributed by atoms with van der Waals surface area (Å²) in [6.45, 7) is 3.59. The molecule has 1 aliphatic rings. The maximum absolute atomic E-state index is 11.4. The highest BCUT2D eigenvalue weighted by Crippen LogP contribution is 2.42. The number of amides is 1. The maximum Gasteiger partial charge on any atom is 0.221 e. The lowest BCUT2D eigenvalue weighted by atomic mass is 10.0. The van der Waals surface area contributed by atoms with Gasteiger partial charge in [0.25, 0.3) is 0 Å². The van der Waals surface area contributed by atoms with E-state index in [9.17, 15) is 4.79 Å². The Morgan fingerprint density at radius 2 is 1.71 bits per heavy atom. The van der Waals surface area contributed by atoms with Gasteiger partial charge in [0.1, 0.15) is 6.04 Å². The van der Waals surface area contributed by atoms with Crippen molar-refractivity contribution < 1.29 is 4.79 Å². The summed E-state index contributed by atoms with van der Waals surface area (Å²) in [5.41, 5.74) is 6.00. The summed E-state index contributed by atoms with van der Waals surface area (Å²) in [5.74, 6) is -0.102. The monoisotopic (exact) mass is 467 g/mol. The van der Waals surface area contributed by atoms with Crippen LogP contribution in [0.25, 0.3) is 5.69 Å². The fourth-order valence-corrected chi connectivity index (χ4v) is 4.76. The number of hydrogen-bond acceptors (Lipinski definition) is 3. The van der Waals surface area contributed by atoms with Crippen LogP contribution in [0, 0.1) is 6.92 Å². The molecule has 0 radical (unpaired) electrons. The van der Waals surface area contributed by atoms with Crippen LogP contribution in [-0.4, -0.2) is 20.6 Å². The molecule has 170 valence electrons. The van der Waals surface area contributed by atoms with E-state index >= 15 is 0 Å². The molecule has 0 spiro atoms. The van der Waals surface area contributed by atoms with E-state index < -0.39 is 0 Å². The van der Waals surface area contributed by atoms with Crippen LogP contribution in [0.4, 0.5) is 11.4 Å². The molecule has 7 heteroatoms. The number of aryl methyl sites for hydroxylation is 1. The minimum absolute atomic E-state index is 0.102. The van der Waals surface area contributed by atoms with Crippen molar-refractivity contribution in [1.82, 2.24) is 14.9 Å². The van der Waals surface area contributed by atoms with E-state index in [0.29, 0.717) is 5.11 Å². The summed E-state index contributed by atoms with van der Waals surface area (Å²) in [6, 6.07) is 26.1. The molecule has 1 amide bonds. The molecule has 5 rings (SSSR count). The molecular formula is C27H25N5OS. The second kappa shape index (κ2) is 9.11. The Kier molecular flexibility index (Phi) is 5.86. The van der Waals surface area contributed by atoms with Crippen molar-refractivity contribution in [2.24, 2.45) is 0 Å². The molecule has 1 saturated heterocycles. The number of nitrogens with one attached hydrogen (secondary N) is 2. The highest BCUT2D eigenvalue weighted by molar-refractivity contribution is 7.80. The first kappa shape index (κ1) is 21.9. The third-order valence-electron chi connectivity index (χ3n) is 5.96. The number of nitrogens with zero attached hydrogens (tertiary/aromatic N) is 3. The lowest BCUT2D eigenvalue weighted by Gasteiger charge is -2.29. The molecule has 2 N–H and O–H groups in total. The maximum atomic E-state index is 11.4. The zero-order valence-corrected chi connectivity index (χ0v) is 19.8. The van der Waals surface area contributed by atoms with E-state index in [0.717, 1.165) is 28.5 Å². The Morgan fingerprint density at radius 1 is 0.971 bits per heavy atom. The number of benzene rings is 2. The Morgan fingerprint density at radius 3 is 2.38 bits per heavy atom. The molecule has 1 aliphatic heterocycles. The summed E-state index contributed by atoms with van der Waals surface area (Å²) in [6.07, 6.45) is 3.88. The van der Waals surface area contributed by atoms with Crippen LogP contribution in [0.5, 0.6) is 0 Å². The van der Waals surface area contributed by atoms with Gasteiger partial charge >= 0.3 is 0 Å². The highest BCUT2D eigenvalue weighted by Gasteiger charge is 2.42. The summed E-state index contributed by atoms with van der Waals surface area (Å²) in [4.78, 5) is 18.2. The molecule has 2 aromatic carbocycles. The minimum atomic E-state index is -0.136. The van der Waals surface area contributed by atoms with Crippen molar-refractivity contribution in [1.29, 1.82) is 0 Å². The number of aromatic nitrogens is 2. The Bertz CT molecular complexity index is 1320. The molecule has 1 fully saturated rings. The number of carbonyl (C=O) groups is 1. The van der Waals surface area contributed by atoms with Gasteiger partial charge in [-0.2, -0.15) is 0 Å². The van der Waals surface area contributed by atoms with Gasteiger partial charge in [0.05, 0.1) is 11.7 Å². The number of anilines is 2. The van der Waals surface area contributed by atoms with Crippen LogP contribution in [0.2, 0.25) is 0 Å². The molecular weight excluding hydrogens is 442 g/mol. The van der Waals surface area contributed by atoms with Crippen LogP contribution in [-0.2, 0) is 4.79 Å². The molecule has 34 heavy (non-hydrogen) atoms. The molecule has 6 nitrogen and oxygen atoms in total. The fourth-order valence-electron chi connectivity index (χ4n) is 4.42. The van der Waals surface area contributed by atoms with Crippen molar-refractivity contribution in [3.8, 4) is 5.69 Å². The third kappa shape index (κ3) is 4.18. The second-order valence-corrected chi connectivity index (χ2v) is 8.75. The largest absolute Gasteiger partial charge is 0.351 e. The molecule has 4 aromatic rings. The van der Waals surface area contributed by atoms with Crippen molar-refractivity contribution in [2.45, 2.75) is 25.9 Å². The molecule has 0 unspecified atom stereocenters. The average molecular weight is 468 g/mol. The van der Waals surface area contributed by atoms with Crippen LogP contribution >= 0.6 is 12.2 Å². The smallest absolute Gasteiger partial charge is 0.221 e. The Balaban J connectivity index is 1.61. The molecule has 0 aliphatic carbocycles. The molecule has 2 atom stereocenters. The topological polar surface area (TPSA) is 62.2 Å². The van der Waals surface area contributed by atoms with Gasteiger partial charge in [-0.15, -0.1) is 0 Å². The highest BCUT2D eigenvalue weighted by atomic mass is 32.1. The zero-order chi connectivity index (χ0) is 23.7. The fraction of sp³-hybridized carbons (Fsp3) is 0.148. The average Bonchev–Trinajstić information content (AvgIpc) is 3.45. The molecule has 0 bridgehead atoms. The summed E-state index contributed by atoms with van der Waals surface area (Å²) >= 11 is 5.84. The van der Waals surface area contributed by atoms with Gasteiger partial charge in [-0.25, -0.2) is 0 Å². The van der Waals surface area contributed by atoms with Crippen molar-refractivity contribution >= 4 is 34.6 Å². The van der Waals surface area contributed by atoms with Crippen LogP contribution < -0.4 is 15.5 Å². The Hall–Kier alpha value is -3.97. The number of thiocarbonyl (C=S) groups is 1. The van der Waals surface area contributed by atoms with Crippen molar-refractivity contribution in [3.05, 3.63) is 108 Å². The number of rotatable bonds is 5. The van der Waals surface area contributed by atoms with Gasteiger partial charge < -0.3 is 20.1 Å². The quantitative estimate of drug-likeness (QED) is 0.389. The Labute approximate surface area is 204 Å². The van der Waals surface area contributed by atoms with Gasteiger partial charge in [-0.1, -0.05) is 23.8 Å². The predicted octanol–water partition coefficient (Wildman–Crippen LogP) is 5.32. The number of hydrogen-bond donors (Lipinski definition) is 2. The SMILES string of the molecule is CC(=O)Nc1ccc(N2C(=S)N[C@@H](c3ccccn3)[C@@H]2c2cccn2-c2ccc(C)cc2)cc1. The van der Waals surface area contributed by atoms with E-state index in [2.05, 4.69) is 74.6 Å².